The predicted molar refractivity (Wildman–Crippen MR) is 94.9 cm³/mol. The molecule has 1 heterocycles. The van der Waals surface area contributed by atoms with E-state index in [0.717, 1.165) is 0 Å². The molecule has 0 fully saturated rings. The zero-order valence-electron chi connectivity index (χ0n) is 14.2. The van der Waals surface area contributed by atoms with Crippen LogP contribution in [0.15, 0.2) is 63.9 Å². The Labute approximate surface area is 145 Å². The number of nitrogens with zero attached hydrogens (tertiary/aromatic N) is 4. The van der Waals surface area contributed by atoms with Crippen molar-refractivity contribution in [1.82, 2.24) is 0 Å². The van der Waals surface area contributed by atoms with Crippen molar-refractivity contribution in [2.24, 2.45) is 15.3 Å². The van der Waals surface area contributed by atoms with Gasteiger partial charge in [-0.25, -0.2) is 0 Å². The second-order valence-corrected chi connectivity index (χ2v) is 5.38. The number of methoxy groups -OCH3 is 2. The zero-order chi connectivity index (χ0) is 17.8. The lowest BCUT2D eigenvalue weighted by Gasteiger charge is -2.12. The highest BCUT2D eigenvalue weighted by molar-refractivity contribution is 6.18. The topological polar surface area (TPSA) is 75.8 Å². The molecule has 25 heavy (non-hydrogen) atoms. The number of para-hydroxylation sites is 1. The summed E-state index contributed by atoms with van der Waals surface area (Å²) in [6.45, 7) is 1.76. The number of rotatable bonds is 5. The molecule has 1 aliphatic rings. The fraction of sp³-hybridized carbons (Fsp3) is 0.222. The van der Waals surface area contributed by atoms with Gasteiger partial charge >= 0.3 is 0 Å². The van der Waals surface area contributed by atoms with Crippen molar-refractivity contribution < 1.29 is 14.3 Å². The summed E-state index contributed by atoms with van der Waals surface area (Å²) in [6.07, 6.45) is 0. The monoisotopic (exact) mass is 338 g/mol. The minimum Gasteiger partial charge on any atom is -0.497 e. The number of amides is 1. The SMILES string of the molecule is COc1ccc(OC)c(N=N[C@H]2C(=O)N(c3ccccc3)N=C2C)c1. The number of benzene rings is 2. The van der Waals surface area contributed by atoms with Gasteiger partial charge in [0.05, 0.1) is 25.6 Å². The minimum absolute atomic E-state index is 0.241. The molecule has 0 aromatic heterocycles. The first kappa shape index (κ1) is 16.6. The maximum absolute atomic E-state index is 12.6. The molecule has 0 bridgehead atoms. The molecule has 7 nitrogen and oxygen atoms in total. The molecule has 1 aliphatic heterocycles. The molecule has 0 aliphatic carbocycles. The predicted octanol–water partition coefficient (Wildman–Crippen LogP) is 3.58. The van der Waals surface area contributed by atoms with Crippen molar-refractivity contribution in [3.05, 3.63) is 48.5 Å². The van der Waals surface area contributed by atoms with Crippen LogP contribution in [0.5, 0.6) is 11.5 Å². The molecule has 0 radical (unpaired) electrons. The van der Waals surface area contributed by atoms with Crippen LogP contribution in [0.2, 0.25) is 0 Å². The highest BCUT2D eigenvalue weighted by Crippen LogP contribution is 2.32. The highest BCUT2D eigenvalue weighted by Gasteiger charge is 2.34. The third kappa shape index (κ3) is 3.35. The quantitative estimate of drug-likeness (QED) is 0.782. The summed E-state index contributed by atoms with van der Waals surface area (Å²) in [6, 6.07) is 13.7. The van der Waals surface area contributed by atoms with Crippen molar-refractivity contribution in [2.75, 3.05) is 19.2 Å². The Morgan fingerprint density at radius 1 is 1.08 bits per heavy atom. The number of hydrogen-bond donors (Lipinski definition) is 0. The van der Waals surface area contributed by atoms with Gasteiger partial charge in [-0.05, 0) is 31.2 Å². The van der Waals surface area contributed by atoms with Crippen LogP contribution in [0.25, 0.3) is 0 Å². The van der Waals surface area contributed by atoms with Gasteiger partial charge in [0.1, 0.15) is 17.2 Å². The van der Waals surface area contributed by atoms with Crippen LogP contribution in [-0.2, 0) is 4.79 Å². The summed E-state index contributed by atoms with van der Waals surface area (Å²) in [4.78, 5) is 12.6. The van der Waals surface area contributed by atoms with Crippen LogP contribution >= 0.6 is 0 Å². The van der Waals surface area contributed by atoms with Crippen LogP contribution < -0.4 is 14.5 Å². The van der Waals surface area contributed by atoms with E-state index in [1.54, 1.807) is 39.3 Å². The third-order valence-corrected chi connectivity index (χ3v) is 3.76. The first-order valence-electron chi connectivity index (χ1n) is 7.71. The lowest BCUT2D eigenvalue weighted by molar-refractivity contribution is -0.117. The second kappa shape index (κ2) is 7.12. The Morgan fingerprint density at radius 3 is 2.52 bits per heavy atom. The van der Waals surface area contributed by atoms with Crippen molar-refractivity contribution in [1.29, 1.82) is 0 Å². The number of hydrazone groups is 1. The standard InChI is InChI=1S/C18H18N4O3/c1-12-17(18(23)22(21-12)13-7-5-4-6-8-13)20-19-15-11-14(24-2)9-10-16(15)25-3/h4-11,17H,1-3H3/t17-/m1/s1. The Balaban J connectivity index is 1.85. The molecule has 0 spiro atoms. The van der Waals surface area contributed by atoms with Crippen molar-refractivity contribution >= 4 is 23.0 Å². The molecule has 0 N–H and O–H groups in total. The molecule has 2 aromatic carbocycles. The van der Waals surface area contributed by atoms with E-state index in [0.29, 0.717) is 28.6 Å². The number of hydrogen-bond acceptors (Lipinski definition) is 6. The first-order chi connectivity index (χ1) is 12.1. The van der Waals surface area contributed by atoms with Crippen molar-refractivity contribution in [2.45, 2.75) is 13.0 Å². The Bertz CT molecular complexity index is 833. The average molecular weight is 338 g/mol. The smallest absolute Gasteiger partial charge is 0.280 e. The van der Waals surface area contributed by atoms with E-state index in [9.17, 15) is 4.79 Å². The van der Waals surface area contributed by atoms with Gasteiger partial charge in [-0.1, -0.05) is 18.2 Å². The summed E-state index contributed by atoms with van der Waals surface area (Å²) >= 11 is 0. The average Bonchev–Trinajstić information content (AvgIpc) is 2.94. The molecule has 1 atom stereocenters. The number of carbonyl (C=O) groups is 1. The van der Waals surface area contributed by atoms with Crippen LogP contribution in [0.4, 0.5) is 11.4 Å². The molecule has 0 saturated carbocycles. The summed E-state index contributed by atoms with van der Waals surface area (Å²) in [5.74, 6) is 0.933. The zero-order valence-corrected chi connectivity index (χ0v) is 14.2. The largest absolute Gasteiger partial charge is 0.497 e. The lowest BCUT2D eigenvalue weighted by atomic mass is 10.2. The van der Waals surface area contributed by atoms with Gasteiger partial charge in [0.2, 0.25) is 0 Å². The highest BCUT2D eigenvalue weighted by atomic mass is 16.5. The molecular formula is C18H18N4O3. The number of carbonyl (C=O) groups excluding carboxylic acids is 1. The van der Waals surface area contributed by atoms with E-state index in [2.05, 4.69) is 15.3 Å². The second-order valence-electron chi connectivity index (χ2n) is 5.38. The van der Waals surface area contributed by atoms with Gasteiger partial charge in [-0.3, -0.25) is 4.79 Å². The summed E-state index contributed by atoms with van der Waals surface area (Å²) < 4.78 is 10.5. The van der Waals surface area contributed by atoms with Gasteiger partial charge in [-0.2, -0.15) is 20.3 Å². The van der Waals surface area contributed by atoms with E-state index < -0.39 is 6.04 Å². The van der Waals surface area contributed by atoms with E-state index in [1.165, 1.54) is 5.01 Å². The van der Waals surface area contributed by atoms with E-state index in [1.807, 2.05) is 30.3 Å². The lowest BCUT2D eigenvalue weighted by Crippen LogP contribution is -2.29. The van der Waals surface area contributed by atoms with E-state index in [4.69, 9.17) is 9.47 Å². The van der Waals surface area contributed by atoms with Crippen LogP contribution in [-0.4, -0.2) is 31.9 Å². The normalized spacial score (nSPS) is 17.1. The Morgan fingerprint density at radius 2 is 1.84 bits per heavy atom. The maximum atomic E-state index is 12.6. The molecule has 128 valence electrons. The summed E-state index contributed by atoms with van der Waals surface area (Å²) in [5.41, 5.74) is 1.77. The fourth-order valence-electron chi connectivity index (χ4n) is 2.44. The Kier molecular flexibility index (Phi) is 4.74. The van der Waals surface area contributed by atoms with E-state index in [-0.39, 0.29) is 5.91 Å². The molecule has 0 unspecified atom stereocenters. The summed E-state index contributed by atoms with van der Waals surface area (Å²) in [7, 11) is 3.11. The molecule has 1 amide bonds. The van der Waals surface area contributed by atoms with Gasteiger partial charge in [0.15, 0.2) is 6.04 Å². The van der Waals surface area contributed by atoms with E-state index >= 15 is 0 Å². The van der Waals surface area contributed by atoms with Crippen molar-refractivity contribution in [3.63, 3.8) is 0 Å². The van der Waals surface area contributed by atoms with Crippen molar-refractivity contribution in [3.8, 4) is 11.5 Å². The fourth-order valence-corrected chi connectivity index (χ4v) is 2.44. The number of azo groups is 1. The number of ether oxygens (including phenoxy) is 2. The molecule has 2 aromatic rings. The Hall–Kier alpha value is -3.22. The molecule has 0 saturated heterocycles. The van der Waals surface area contributed by atoms with Gasteiger partial charge in [0, 0.05) is 6.07 Å². The van der Waals surface area contributed by atoms with Gasteiger partial charge < -0.3 is 9.47 Å². The van der Waals surface area contributed by atoms with Gasteiger partial charge in [-0.15, -0.1) is 0 Å². The molecule has 7 heteroatoms. The molecular weight excluding hydrogens is 320 g/mol. The van der Waals surface area contributed by atoms with Crippen LogP contribution in [0.3, 0.4) is 0 Å². The summed E-state index contributed by atoms with van der Waals surface area (Å²) in [5, 5.41) is 14.0. The van der Waals surface area contributed by atoms with Gasteiger partial charge in [0.25, 0.3) is 5.91 Å². The third-order valence-electron chi connectivity index (χ3n) is 3.76. The molecule has 3 rings (SSSR count). The van der Waals surface area contributed by atoms with Crippen LogP contribution in [0.1, 0.15) is 6.92 Å². The van der Waals surface area contributed by atoms with Crippen LogP contribution in [0, 0.1) is 0 Å². The maximum Gasteiger partial charge on any atom is 0.280 e. The minimum atomic E-state index is -0.754. The number of anilines is 1. The first-order valence-corrected chi connectivity index (χ1v) is 7.71.